The van der Waals surface area contributed by atoms with E-state index >= 15 is 0 Å². The SMILES string of the molecule is CC1(C(N)=O)CCCCC1=O. The molecule has 0 saturated heterocycles. The topological polar surface area (TPSA) is 60.2 Å². The number of amides is 1. The van der Waals surface area contributed by atoms with E-state index in [1.165, 1.54) is 0 Å². The predicted molar refractivity (Wildman–Crippen MR) is 40.8 cm³/mol. The summed E-state index contributed by atoms with van der Waals surface area (Å²) >= 11 is 0. The van der Waals surface area contributed by atoms with Crippen molar-refractivity contribution < 1.29 is 9.59 Å². The number of nitrogens with two attached hydrogens (primary N) is 1. The molecule has 0 spiro atoms. The molecule has 0 aromatic heterocycles. The summed E-state index contributed by atoms with van der Waals surface area (Å²) in [5.41, 5.74) is 4.27. The van der Waals surface area contributed by atoms with Crippen molar-refractivity contribution in [3.05, 3.63) is 0 Å². The summed E-state index contributed by atoms with van der Waals surface area (Å²) in [5, 5.41) is 0. The van der Waals surface area contributed by atoms with Crippen LogP contribution in [0.2, 0.25) is 0 Å². The molecule has 0 aromatic rings. The van der Waals surface area contributed by atoms with Crippen molar-refractivity contribution in [2.75, 3.05) is 0 Å². The van der Waals surface area contributed by atoms with Gasteiger partial charge < -0.3 is 5.73 Å². The second-order valence-electron chi connectivity index (χ2n) is 3.33. The van der Waals surface area contributed by atoms with Gasteiger partial charge in [-0.25, -0.2) is 0 Å². The van der Waals surface area contributed by atoms with Crippen LogP contribution in [0.25, 0.3) is 0 Å². The molecule has 2 N–H and O–H groups in total. The molecular weight excluding hydrogens is 142 g/mol. The zero-order chi connectivity index (χ0) is 8.48. The minimum absolute atomic E-state index is 0.0104. The highest BCUT2D eigenvalue weighted by atomic mass is 16.2. The Morgan fingerprint density at radius 1 is 1.55 bits per heavy atom. The quantitative estimate of drug-likeness (QED) is 0.564. The van der Waals surface area contributed by atoms with Crippen molar-refractivity contribution in [3.63, 3.8) is 0 Å². The summed E-state index contributed by atoms with van der Waals surface area (Å²) in [6, 6.07) is 0. The van der Waals surface area contributed by atoms with E-state index in [1.807, 2.05) is 0 Å². The van der Waals surface area contributed by atoms with Crippen LogP contribution in [0.1, 0.15) is 32.6 Å². The number of primary amides is 1. The fraction of sp³-hybridized carbons (Fsp3) is 0.750. The van der Waals surface area contributed by atoms with Gasteiger partial charge in [0, 0.05) is 6.42 Å². The van der Waals surface area contributed by atoms with Crippen LogP contribution in [0.5, 0.6) is 0 Å². The molecule has 1 aliphatic carbocycles. The van der Waals surface area contributed by atoms with E-state index in [0.717, 1.165) is 12.8 Å². The normalized spacial score (nSPS) is 31.9. The molecule has 62 valence electrons. The van der Waals surface area contributed by atoms with Crippen LogP contribution in [0.4, 0.5) is 0 Å². The van der Waals surface area contributed by atoms with Crippen LogP contribution >= 0.6 is 0 Å². The molecule has 11 heavy (non-hydrogen) atoms. The lowest BCUT2D eigenvalue weighted by Crippen LogP contribution is -2.43. The number of carbonyl (C=O) groups is 2. The lowest BCUT2D eigenvalue weighted by atomic mass is 9.74. The maximum absolute atomic E-state index is 11.3. The Bertz CT molecular complexity index is 200. The zero-order valence-corrected chi connectivity index (χ0v) is 6.72. The Labute approximate surface area is 66.0 Å². The molecule has 1 rings (SSSR count). The summed E-state index contributed by atoms with van der Waals surface area (Å²) in [6.07, 6.45) is 2.98. The number of ketones is 1. The van der Waals surface area contributed by atoms with Gasteiger partial charge in [-0.3, -0.25) is 9.59 Å². The largest absolute Gasteiger partial charge is 0.369 e. The summed E-state index contributed by atoms with van der Waals surface area (Å²) in [7, 11) is 0. The molecule has 1 atom stereocenters. The monoisotopic (exact) mass is 155 g/mol. The van der Waals surface area contributed by atoms with Gasteiger partial charge in [-0.2, -0.15) is 0 Å². The Balaban J connectivity index is 2.81. The number of Topliss-reactive ketones (excluding diaryl/α,β-unsaturated/α-hetero) is 1. The minimum atomic E-state index is -0.863. The van der Waals surface area contributed by atoms with E-state index in [0.29, 0.717) is 12.8 Å². The third kappa shape index (κ3) is 1.27. The molecule has 0 heterocycles. The highest BCUT2D eigenvalue weighted by molar-refractivity contribution is 6.05. The number of carbonyl (C=O) groups excluding carboxylic acids is 2. The minimum Gasteiger partial charge on any atom is -0.369 e. The van der Waals surface area contributed by atoms with Gasteiger partial charge in [-0.15, -0.1) is 0 Å². The second kappa shape index (κ2) is 2.64. The first-order valence-corrected chi connectivity index (χ1v) is 3.90. The Kier molecular flexibility index (Phi) is 1.98. The van der Waals surface area contributed by atoms with Crippen LogP contribution in [-0.4, -0.2) is 11.7 Å². The highest BCUT2D eigenvalue weighted by Crippen LogP contribution is 2.31. The summed E-state index contributed by atoms with van der Waals surface area (Å²) in [6.45, 7) is 1.65. The molecule has 3 heteroatoms. The fourth-order valence-corrected chi connectivity index (χ4v) is 1.44. The molecular formula is C8H13NO2. The zero-order valence-electron chi connectivity index (χ0n) is 6.72. The van der Waals surface area contributed by atoms with Crippen molar-refractivity contribution in [2.24, 2.45) is 11.1 Å². The van der Waals surface area contributed by atoms with Crippen molar-refractivity contribution in [3.8, 4) is 0 Å². The van der Waals surface area contributed by atoms with Crippen molar-refractivity contribution in [2.45, 2.75) is 32.6 Å². The first-order valence-electron chi connectivity index (χ1n) is 3.90. The molecule has 1 fully saturated rings. The number of rotatable bonds is 1. The van der Waals surface area contributed by atoms with Gasteiger partial charge in [-0.05, 0) is 19.8 Å². The van der Waals surface area contributed by atoms with E-state index in [4.69, 9.17) is 5.73 Å². The van der Waals surface area contributed by atoms with E-state index in [1.54, 1.807) is 6.92 Å². The number of hydrogen-bond donors (Lipinski definition) is 1. The Hall–Kier alpha value is -0.860. The first-order chi connectivity index (χ1) is 5.07. The molecule has 1 aliphatic rings. The van der Waals surface area contributed by atoms with Gasteiger partial charge in [-0.1, -0.05) is 6.42 Å². The smallest absolute Gasteiger partial charge is 0.230 e. The van der Waals surface area contributed by atoms with Crippen molar-refractivity contribution >= 4 is 11.7 Å². The average Bonchev–Trinajstić information content (AvgIpc) is 1.95. The average molecular weight is 155 g/mol. The lowest BCUT2D eigenvalue weighted by molar-refractivity contribution is -0.141. The number of hydrogen-bond acceptors (Lipinski definition) is 2. The molecule has 1 unspecified atom stereocenters. The van der Waals surface area contributed by atoms with E-state index in [9.17, 15) is 9.59 Å². The van der Waals surface area contributed by atoms with Crippen LogP contribution in [-0.2, 0) is 9.59 Å². The molecule has 0 aromatic carbocycles. The van der Waals surface area contributed by atoms with E-state index < -0.39 is 11.3 Å². The van der Waals surface area contributed by atoms with Gasteiger partial charge in [0.05, 0.1) is 0 Å². The lowest BCUT2D eigenvalue weighted by Gasteiger charge is -2.28. The maximum Gasteiger partial charge on any atom is 0.230 e. The maximum atomic E-state index is 11.3. The Morgan fingerprint density at radius 2 is 2.18 bits per heavy atom. The van der Waals surface area contributed by atoms with Gasteiger partial charge >= 0.3 is 0 Å². The Morgan fingerprint density at radius 3 is 2.55 bits per heavy atom. The predicted octanol–water partition coefficient (Wildman–Crippen LogP) is 0.621. The van der Waals surface area contributed by atoms with E-state index in [-0.39, 0.29) is 5.78 Å². The fourth-order valence-electron chi connectivity index (χ4n) is 1.44. The van der Waals surface area contributed by atoms with Gasteiger partial charge in [0.1, 0.15) is 11.2 Å². The van der Waals surface area contributed by atoms with Crippen LogP contribution in [0.15, 0.2) is 0 Å². The summed E-state index contributed by atoms with van der Waals surface area (Å²) in [5.74, 6) is -0.460. The third-order valence-electron chi connectivity index (χ3n) is 2.49. The summed E-state index contributed by atoms with van der Waals surface area (Å²) in [4.78, 5) is 22.1. The molecule has 0 aliphatic heterocycles. The van der Waals surface area contributed by atoms with Crippen LogP contribution < -0.4 is 5.73 Å². The van der Waals surface area contributed by atoms with Crippen LogP contribution in [0.3, 0.4) is 0 Å². The van der Waals surface area contributed by atoms with Gasteiger partial charge in [0.2, 0.25) is 5.91 Å². The standard InChI is InChI=1S/C8H13NO2/c1-8(7(9)11)5-3-2-4-6(8)10/h2-5H2,1H3,(H2,9,11). The molecule has 0 radical (unpaired) electrons. The summed E-state index contributed by atoms with van der Waals surface area (Å²) < 4.78 is 0. The molecule has 3 nitrogen and oxygen atoms in total. The van der Waals surface area contributed by atoms with Crippen molar-refractivity contribution in [1.29, 1.82) is 0 Å². The third-order valence-corrected chi connectivity index (χ3v) is 2.49. The molecule has 1 amide bonds. The first kappa shape index (κ1) is 8.24. The second-order valence-corrected chi connectivity index (χ2v) is 3.33. The highest BCUT2D eigenvalue weighted by Gasteiger charge is 2.40. The van der Waals surface area contributed by atoms with Gasteiger partial charge in [0.25, 0.3) is 0 Å². The molecule has 1 saturated carbocycles. The van der Waals surface area contributed by atoms with Crippen LogP contribution in [0, 0.1) is 5.41 Å². The van der Waals surface area contributed by atoms with Gasteiger partial charge in [0.15, 0.2) is 0 Å². The van der Waals surface area contributed by atoms with Crippen molar-refractivity contribution in [1.82, 2.24) is 0 Å². The molecule has 0 bridgehead atoms. The van der Waals surface area contributed by atoms with E-state index in [2.05, 4.69) is 0 Å².